The molecule has 21 heavy (non-hydrogen) atoms. The quantitative estimate of drug-likeness (QED) is 0.866. The Morgan fingerprint density at radius 3 is 2.38 bits per heavy atom. The number of rotatable bonds is 3. The Morgan fingerprint density at radius 2 is 1.90 bits per heavy atom. The summed E-state index contributed by atoms with van der Waals surface area (Å²) < 4.78 is -0.973. The molecule has 1 unspecified atom stereocenters. The van der Waals surface area contributed by atoms with Crippen LogP contribution in [0.2, 0.25) is 0 Å². The van der Waals surface area contributed by atoms with E-state index in [1.54, 1.807) is 24.0 Å². The van der Waals surface area contributed by atoms with Gasteiger partial charge in [0, 0.05) is 24.3 Å². The van der Waals surface area contributed by atoms with Crippen molar-refractivity contribution in [3.8, 4) is 0 Å². The van der Waals surface area contributed by atoms with Crippen LogP contribution >= 0.6 is 23.2 Å². The molecule has 1 aromatic carbocycles. The van der Waals surface area contributed by atoms with E-state index in [-0.39, 0.29) is 11.8 Å². The highest BCUT2D eigenvalue weighted by Crippen LogP contribution is 2.64. The Morgan fingerprint density at radius 1 is 1.29 bits per heavy atom. The molecule has 1 atom stereocenters. The summed E-state index contributed by atoms with van der Waals surface area (Å²) in [6, 6.07) is 7.24. The van der Waals surface area contributed by atoms with E-state index in [0.717, 1.165) is 18.7 Å². The normalized spacial score (nSPS) is 26.8. The molecule has 1 heterocycles. The van der Waals surface area contributed by atoms with Crippen LogP contribution in [-0.2, 0) is 9.59 Å². The number of benzene rings is 1. The summed E-state index contributed by atoms with van der Waals surface area (Å²) in [5.41, 5.74) is 0.796. The number of anilines is 2. The lowest BCUT2D eigenvalue weighted by molar-refractivity contribution is -0.120. The van der Waals surface area contributed by atoms with Gasteiger partial charge in [-0.15, -0.1) is 23.2 Å². The summed E-state index contributed by atoms with van der Waals surface area (Å²) >= 11 is 12.0. The Labute approximate surface area is 133 Å². The van der Waals surface area contributed by atoms with Crippen LogP contribution in [0.3, 0.4) is 0 Å². The van der Waals surface area contributed by atoms with E-state index in [9.17, 15) is 9.59 Å². The molecule has 1 N–H and O–H groups in total. The first-order valence-electron chi connectivity index (χ1n) is 6.93. The Hall–Kier alpha value is -1.26. The van der Waals surface area contributed by atoms with Gasteiger partial charge >= 0.3 is 0 Å². The van der Waals surface area contributed by atoms with Crippen molar-refractivity contribution >= 4 is 46.4 Å². The number of amides is 2. The second-order valence-electron chi connectivity index (χ2n) is 5.86. The van der Waals surface area contributed by atoms with Crippen LogP contribution in [-0.4, -0.2) is 22.7 Å². The highest BCUT2D eigenvalue weighted by atomic mass is 35.5. The van der Waals surface area contributed by atoms with Crippen LogP contribution in [0.1, 0.15) is 26.2 Å². The van der Waals surface area contributed by atoms with E-state index < -0.39 is 9.75 Å². The van der Waals surface area contributed by atoms with Crippen LogP contribution in [0.5, 0.6) is 0 Å². The van der Waals surface area contributed by atoms with Gasteiger partial charge < -0.3 is 10.2 Å². The van der Waals surface area contributed by atoms with Gasteiger partial charge in [0.15, 0.2) is 0 Å². The van der Waals surface area contributed by atoms with E-state index >= 15 is 0 Å². The molecule has 1 saturated heterocycles. The van der Waals surface area contributed by atoms with Crippen molar-refractivity contribution in [1.82, 2.24) is 0 Å². The molecule has 2 amide bonds. The standard InChI is InChI=1S/C15H16Cl2N2O2/c1-14(9-15(14,16)17)13(21)18-10-4-6-11(7-5-10)19-8-2-3-12(19)20/h4-7H,2-3,8-9H2,1H3,(H,18,21). The van der Waals surface area contributed by atoms with Crippen LogP contribution in [0.4, 0.5) is 11.4 Å². The van der Waals surface area contributed by atoms with Crippen molar-refractivity contribution in [1.29, 1.82) is 0 Å². The SMILES string of the molecule is CC1(C(=O)Nc2ccc(N3CCCC3=O)cc2)CC1(Cl)Cl. The van der Waals surface area contributed by atoms with Gasteiger partial charge in [-0.05, 0) is 44.0 Å². The highest BCUT2D eigenvalue weighted by molar-refractivity contribution is 6.53. The molecular formula is C15H16Cl2N2O2. The zero-order valence-corrected chi connectivity index (χ0v) is 13.2. The van der Waals surface area contributed by atoms with E-state index in [1.807, 2.05) is 12.1 Å². The van der Waals surface area contributed by atoms with Crippen LogP contribution < -0.4 is 10.2 Å². The first-order chi connectivity index (χ1) is 9.83. The predicted octanol–water partition coefficient (Wildman–Crippen LogP) is 3.34. The molecule has 2 aliphatic rings. The molecule has 1 saturated carbocycles. The lowest BCUT2D eigenvalue weighted by atomic mass is 10.1. The fourth-order valence-electron chi connectivity index (χ4n) is 2.56. The monoisotopic (exact) mass is 326 g/mol. The molecule has 3 rings (SSSR count). The van der Waals surface area contributed by atoms with Crippen molar-refractivity contribution in [2.45, 2.75) is 30.5 Å². The Bertz CT molecular complexity index is 600. The zero-order valence-electron chi connectivity index (χ0n) is 11.7. The molecule has 112 valence electrons. The lowest BCUT2D eigenvalue weighted by Gasteiger charge is -2.17. The zero-order chi connectivity index (χ0) is 15.3. The molecule has 0 radical (unpaired) electrons. The van der Waals surface area contributed by atoms with E-state index in [2.05, 4.69) is 5.32 Å². The molecule has 1 aliphatic carbocycles. The molecule has 0 bridgehead atoms. The van der Waals surface area contributed by atoms with Crippen LogP contribution in [0, 0.1) is 5.41 Å². The number of halogens is 2. The maximum Gasteiger partial charge on any atom is 0.233 e. The first kappa shape index (κ1) is 14.7. The fourth-order valence-corrected chi connectivity index (χ4v) is 3.27. The minimum absolute atomic E-state index is 0.145. The molecule has 0 aromatic heterocycles. The minimum Gasteiger partial charge on any atom is -0.326 e. The summed E-state index contributed by atoms with van der Waals surface area (Å²) in [6.45, 7) is 2.50. The molecule has 0 spiro atoms. The molecule has 1 aliphatic heterocycles. The average molecular weight is 327 g/mol. The third kappa shape index (κ3) is 2.51. The van der Waals surface area contributed by atoms with Gasteiger partial charge in [0.25, 0.3) is 0 Å². The van der Waals surface area contributed by atoms with Crippen molar-refractivity contribution < 1.29 is 9.59 Å². The molecular weight excluding hydrogens is 311 g/mol. The van der Waals surface area contributed by atoms with Crippen molar-refractivity contribution in [2.75, 3.05) is 16.8 Å². The summed E-state index contributed by atoms with van der Waals surface area (Å²) in [5, 5.41) is 2.82. The van der Waals surface area contributed by atoms with Gasteiger partial charge in [0.05, 0.1) is 5.41 Å². The largest absolute Gasteiger partial charge is 0.326 e. The number of alkyl halides is 2. The predicted molar refractivity (Wildman–Crippen MR) is 83.8 cm³/mol. The maximum atomic E-state index is 12.2. The summed E-state index contributed by atoms with van der Waals surface area (Å²) in [5.74, 6) is -0.0381. The Kier molecular flexibility index (Phi) is 3.41. The number of nitrogens with one attached hydrogen (secondary N) is 1. The smallest absolute Gasteiger partial charge is 0.233 e. The summed E-state index contributed by atoms with van der Waals surface area (Å²) in [6.07, 6.45) is 1.95. The van der Waals surface area contributed by atoms with Gasteiger partial charge in [-0.2, -0.15) is 0 Å². The van der Waals surface area contributed by atoms with Gasteiger partial charge in [0.2, 0.25) is 11.8 Å². The maximum absolute atomic E-state index is 12.2. The van der Waals surface area contributed by atoms with Crippen LogP contribution in [0.25, 0.3) is 0 Å². The first-order valence-corrected chi connectivity index (χ1v) is 7.69. The highest BCUT2D eigenvalue weighted by Gasteiger charge is 2.67. The fraction of sp³-hybridized carbons (Fsp3) is 0.467. The second-order valence-corrected chi connectivity index (χ2v) is 7.35. The third-order valence-electron chi connectivity index (χ3n) is 4.27. The summed E-state index contributed by atoms with van der Waals surface area (Å²) in [4.78, 5) is 25.6. The number of carbonyl (C=O) groups is 2. The van der Waals surface area contributed by atoms with Crippen molar-refractivity contribution in [3.05, 3.63) is 24.3 Å². The van der Waals surface area contributed by atoms with Gasteiger partial charge in [-0.3, -0.25) is 9.59 Å². The summed E-state index contributed by atoms with van der Waals surface area (Å²) in [7, 11) is 0. The average Bonchev–Trinajstić information content (AvgIpc) is 2.76. The van der Waals surface area contributed by atoms with Gasteiger partial charge in [-0.25, -0.2) is 0 Å². The molecule has 4 nitrogen and oxygen atoms in total. The minimum atomic E-state index is -0.973. The van der Waals surface area contributed by atoms with Crippen molar-refractivity contribution in [2.24, 2.45) is 5.41 Å². The number of carbonyl (C=O) groups excluding carboxylic acids is 2. The van der Waals surface area contributed by atoms with Crippen molar-refractivity contribution in [3.63, 3.8) is 0 Å². The van der Waals surface area contributed by atoms with E-state index in [4.69, 9.17) is 23.2 Å². The molecule has 2 fully saturated rings. The van der Waals surface area contributed by atoms with E-state index in [0.29, 0.717) is 18.5 Å². The molecule has 6 heteroatoms. The number of hydrogen-bond acceptors (Lipinski definition) is 2. The van der Waals surface area contributed by atoms with Crippen LogP contribution in [0.15, 0.2) is 24.3 Å². The number of hydrogen-bond donors (Lipinski definition) is 1. The van der Waals surface area contributed by atoms with Gasteiger partial charge in [-0.1, -0.05) is 0 Å². The Balaban J connectivity index is 1.68. The topological polar surface area (TPSA) is 49.4 Å². The third-order valence-corrected chi connectivity index (χ3v) is 5.37. The second kappa shape index (κ2) is 4.89. The van der Waals surface area contributed by atoms with Gasteiger partial charge in [0.1, 0.15) is 4.33 Å². The van der Waals surface area contributed by atoms with E-state index in [1.165, 1.54) is 0 Å². The molecule has 1 aromatic rings. The lowest BCUT2D eigenvalue weighted by Crippen LogP contribution is -2.26. The number of nitrogens with zero attached hydrogens (tertiary/aromatic N) is 1.